The molecule has 2 nitrogen and oxygen atoms in total. The summed E-state index contributed by atoms with van der Waals surface area (Å²) in [5.74, 6) is 0.892. The van der Waals surface area contributed by atoms with Gasteiger partial charge in [-0.25, -0.2) is 0 Å². The number of rotatable bonds is 1. The summed E-state index contributed by atoms with van der Waals surface area (Å²) in [7, 11) is 1.69. The number of pyridine rings is 2. The summed E-state index contributed by atoms with van der Waals surface area (Å²) in [6, 6.07) is 14.5. The Morgan fingerprint density at radius 1 is 1.00 bits per heavy atom. The monoisotopic (exact) mass is 210 g/mol. The molecule has 0 saturated heterocycles. The fourth-order valence-corrected chi connectivity index (χ4v) is 1.94. The van der Waals surface area contributed by atoms with E-state index in [2.05, 4.69) is 34.9 Å². The number of nitrogens with zero attached hydrogens (tertiary/aromatic N) is 1. The Balaban J connectivity index is 2.37. The summed E-state index contributed by atoms with van der Waals surface area (Å²) in [5.41, 5.74) is 1.19. The lowest BCUT2D eigenvalue weighted by atomic mass is 10.1. The predicted molar refractivity (Wildman–Crippen MR) is 63.7 cm³/mol. The zero-order chi connectivity index (χ0) is 11.0. The molecule has 2 aromatic heterocycles. The van der Waals surface area contributed by atoms with E-state index in [0.29, 0.717) is 0 Å². The smallest absolute Gasteiger partial charge is 0.211 e. The van der Waals surface area contributed by atoms with Crippen molar-refractivity contribution in [2.45, 2.75) is 0 Å². The highest BCUT2D eigenvalue weighted by Crippen LogP contribution is 2.20. The number of benzene rings is 1. The molecule has 0 aliphatic heterocycles. The van der Waals surface area contributed by atoms with Gasteiger partial charge in [0, 0.05) is 23.6 Å². The summed E-state index contributed by atoms with van der Waals surface area (Å²) in [6.45, 7) is 0. The molecule has 0 radical (unpaired) electrons. The minimum atomic E-state index is 0.892. The van der Waals surface area contributed by atoms with Gasteiger partial charge in [0.1, 0.15) is 5.75 Å². The average Bonchev–Trinajstić information content (AvgIpc) is 2.35. The maximum Gasteiger partial charge on any atom is 0.211 e. The van der Waals surface area contributed by atoms with Crippen molar-refractivity contribution in [1.82, 2.24) is 0 Å². The molecule has 0 saturated carbocycles. The van der Waals surface area contributed by atoms with E-state index in [9.17, 15) is 0 Å². The fraction of sp³-hybridized carbons (Fsp3) is 0.0714. The van der Waals surface area contributed by atoms with Gasteiger partial charge in [0.2, 0.25) is 5.52 Å². The molecular weight excluding hydrogens is 198 g/mol. The number of hydrogen-bond acceptors (Lipinski definition) is 1. The van der Waals surface area contributed by atoms with E-state index in [-0.39, 0.29) is 0 Å². The van der Waals surface area contributed by atoms with Gasteiger partial charge in [0.05, 0.1) is 7.11 Å². The first kappa shape index (κ1) is 9.16. The molecule has 0 unspecified atom stereocenters. The number of hydrogen-bond donors (Lipinski definition) is 0. The lowest BCUT2D eigenvalue weighted by molar-refractivity contribution is -0.510. The Morgan fingerprint density at radius 3 is 2.81 bits per heavy atom. The lowest BCUT2D eigenvalue weighted by Crippen LogP contribution is -2.19. The molecule has 0 spiro atoms. The zero-order valence-electron chi connectivity index (χ0n) is 9.05. The molecule has 0 fully saturated rings. The summed E-state index contributed by atoms with van der Waals surface area (Å²) in [5, 5.41) is 2.41. The van der Waals surface area contributed by atoms with Gasteiger partial charge in [-0.15, -0.1) is 0 Å². The van der Waals surface area contributed by atoms with Crippen LogP contribution >= 0.6 is 0 Å². The molecule has 1 aromatic carbocycles. The van der Waals surface area contributed by atoms with Crippen LogP contribution in [0.15, 0.2) is 54.9 Å². The molecule has 2 heteroatoms. The van der Waals surface area contributed by atoms with Crippen molar-refractivity contribution in [3.63, 3.8) is 0 Å². The summed E-state index contributed by atoms with van der Waals surface area (Å²) < 4.78 is 7.34. The number of methoxy groups -OCH3 is 1. The van der Waals surface area contributed by atoms with Crippen molar-refractivity contribution in [2.75, 3.05) is 7.11 Å². The van der Waals surface area contributed by atoms with Crippen LogP contribution in [0.5, 0.6) is 5.75 Å². The van der Waals surface area contributed by atoms with Crippen LogP contribution in [-0.2, 0) is 0 Å². The molecule has 0 aliphatic rings. The topological polar surface area (TPSA) is 13.3 Å². The molecule has 0 N–H and O–H groups in total. The van der Waals surface area contributed by atoms with Crippen molar-refractivity contribution in [3.8, 4) is 5.75 Å². The van der Waals surface area contributed by atoms with E-state index in [0.717, 1.165) is 5.75 Å². The molecule has 0 amide bonds. The van der Waals surface area contributed by atoms with Crippen LogP contribution in [0.25, 0.3) is 16.3 Å². The minimum absolute atomic E-state index is 0.892. The third-order valence-electron chi connectivity index (χ3n) is 2.80. The first-order valence-corrected chi connectivity index (χ1v) is 5.25. The summed E-state index contributed by atoms with van der Waals surface area (Å²) >= 11 is 0. The van der Waals surface area contributed by atoms with Crippen LogP contribution in [-0.4, -0.2) is 7.11 Å². The second-order valence-electron chi connectivity index (χ2n) is 3.80. The van der Waals surface area contributed by atoms with E-state index in [1.54, 1.807) is 7.11 Å². The van der Waals surface area contributed by atoms with E-state index < -0.39 is 0 Å². The standard InChI is InChI=1S/C14H12NO/c1-16-14-6-5-11-8-13-4-2-3-7-15(13)10-12(11)9-14/h2-10H,1H3/q+1. The Kier molecular flexibility index (Phi) is 2.00. The summed E-state index contributed by atoms with van der Waals surface area (Å²) in [6.07, 6.45) is 4.17. The van der Waals surface area contributed by atoms with Crippen molar-refractivity contribution in [1.29, 1.82) is 0 Å². The first-order chi connectivity index (χ1) is 7.86. The van der Waals surface area contributed by atoms with E-state index in [1.807, 2.05) is 24.4 Å². The van der Waals surface area contributed by atoms with Crippen LogP contribution in [0.3, 0.4) is 0 Å². The minimum Gasteiger partial charge on any atom is -0.497 e. The predicted octanol–water partition coefficient (Wildman–Crippen LogP) is 2.59. The maximum absolute atomic E-state index is 5.23. The van der Waals surface area contributed by atoms with Crippen LogP contribution in [0, 0.1) is 0 Å². The molecule has 3 rings (SSSR count). The molecule has 3 aromatic rings. The molecule has 16 heavy (non-hydrogen) atoms. The molecular formula is C14H12NO+. The molecule has 2 heterocycles. The Bertz CT molecular complexity index is 661. The Labute approximate surface area is 93.7 Å². The van der Waals surface area contributed by atoms with Crippen molar-refractivity contribution in [2.24, 2.45) is 0 Å². The van der Waals surface area contributed by atoms with Gasteiger partial charge in [0.15, 0.2) is 12.4 Å². The van der Waals surface area contributed by atoms with Gasteiger partial charge in [-0.3, -0.25) is 0 Å². The van der Waals surface area contributed by atoms with E-state index >= 15 is 0 Å². The lowest BCUT2D eigenvalue weighted by Gasteiger charge is -2.01. The van der Waals surface area contributed by atoms with E-state index in [1.165, 1.54) is 16.3 Å². The largest absolute Gasteiger partial charge is 0.497 e. The Hall–Kier alpha value is -2.09. The highest BCUT2D eigenvalue weighted by molar-refractivity contribution is 5.84. The van der Waals surface area contributed by atoms with Gasteiger partial charge >= 0.3 is 0 Å². The third kappa shape index (κ3) is 1.39. The molecule has 0 atom stereocenters. The normalized spacial score (nSPS) is 10.8. The second kappa shape index (κ2) is 3.49. The number of aromatic nitrogens is 1. The van der Waals surface area contributed by atoms with Crippen LogP contribution < -0.4 is 9.14 Å². The average molecular weight is 210 g/mol. The van der Waals surface area contributed by atoms with Gasteiger partial charge in [0.25, 0.3) is 0 Å². The van der Waals surface area contributed by atoms with Crippen molar-refractivity contribution < 1.29 is 9.14 Å². The third-order valence-corrected chi connectivity index (χ3v) is 2.80. The highest BCUT2D eigenvalue weighted by atomic mass is 16.5. The highest BCUT2D eigenvalue weighted by Gasteiger charge is 2.04. The zero-order valence-corrected chi connectivity index (χ0v) is 9.05. The molecule has 0 bridgehead atoms. The van der Waals surface area contributed by atoms with Crippen LogP contribution in [0.1, 0.15) is 0 Å². The van der Waals surface area contributed by atoms with Gasteiger partial charge in [-0.2, -0.15) is 4.40 Å². The quantitative estimate of drug-likeness (QED) is 0.444. The first-order valence-electron chi connectivity index (χ1n) is 5.25. The molecule has 0 aliphatic carbocycles. The van der Waals surface area contributed by atoms with Crippen molar-refractivity contribution in [3.05, 3.63) is 54.9 Å². The van der Waals surface area contributed by atoms with E-state index in [4.69, 9.17) is 4.74 Å². The van der Waals surface area contributed by atoms with Crippen LogP contribution in [0.4, 0.5) is 0 Å². The Morgan fingerprint density at radius 2 is 1.94 bits per heavy atom. The van der Waals surface area contributed by atoms with Crippen molar-refractivity contribution >= 4 is 16.3 Å². The molecule has 78 valence electrons. The number of ether oxygens (including phenoxy) is 1. The van der Waals surface area contributed by atoms with Gasteiger partial charge in [-0.05, 0) is 23.6 Å². The maximum atomic E-state index is 5.23. The van der Waals surface area contributed by atoms with Gasteiger partial charge < -0.3 is 4.74 Å². The number of fused-ring (bicyclic) bond motifs is 2. The summed E-state index contributed by atoms with van der Waals surface area (Å²) in [4.78, 5) is 0. The van der Waals surface area contributed by atoms with Crippen LogP contribution in [0.2, 0.25) is 0 Å². The van der Waals surface area contributed by atoms with Gasteiger partial charge in [-0.1, -0.05) is 6.07 Å². The second-order valence-corrected chi connectivity index (χ2v) is 3.80. The SMILES string of the molecule is COc1ccc2cc3cccc[n+]3cc2c1. The fourth-order valence-electron chi connectivity index (χ4n) is 1.94.